The van der Waals surface area contributed by atoms with Crippen LogP contribution in [-0.2, 0) is 0 Å². The first-order valence-electron chi connectivity index (χ1n) is 11.4. The van der Waals surface area contributed by atoms with Crippen LogP contribution >= 0.6 is 0 Å². The van der Waals surface area contributed by atoms with Gasteiger partial charge in [0.25, 0.3) is 0 Å². The number of nitriles is 1. The summed E-state index contributed by atoms with van der Waals surface area (Å²) in [5.74, 6) is 1.37. The predicted molar refractivity (Wildman–Crippen MR) is 129 cm³/mol. The van der Waals surface area contributed by atoms with Crippen LogP contribution in [0.15, 0.2) is 42.5 Å². The molecule has 1 fully saturated rings. The Balaban J connectivity index is 1.80. The van der Waals surface area contributed by atoms with Crippen LogP contribution < -0.4 is 5.32 Å². The summed E-state index contributed by atoms with van der Waals surface area (Å²) < 4.78 is 2.36. The van der Waals surface area contributed by atoms with Gasteiger partial charge in [0.05, 0.1) is 22.7 Å². The SMILES string of the molecule is CC(C)c1ccc(Nc2nc3ccc(C#N)cc3n2C2CC(C)(C)CC(C)(C)C2)cc1. The number of anilines is 2. The molecule has 1 aromatic heterocycles. The van der Waals surface area contributed by atoms with Crippen LogP contribution in [0.3, 0.4) is 0 Å². The summed E-state index contributed by atoms with van der Waals surface area (Å²) in [6, 6.07) is 17.1. The highest BCUT2D eigenvalue weighted by molar-refractivity contribution is 5.81. The first-order chi connectivity index (χ1) is 14.6. The second kappa shape index (κ2) is 7.71. The minimum atomic E-state index is 0.256. The van der Waals surface area contributed by atoms with E-state index in [9.17, 15) is 5.26 Å². The number of hydrogen-bond donors (Lipinski definition) is 1. The Bertz CT molecular complexity index is 1110. The highest BCUT2D eigenvalue weighted by Crippen LogP contribution is 2.51. The fourth-order valence-corrected chi connectivity index (χ4v) is 5.67. The average molecular weight is 415 g/mol. The van der Waals surface area contributed by atoms with E-state index in [-0.39, 0.29) is 10.8 Å². The Morgan fingerprint density at radius 2 is 1.68 bits per heavy atom. The molecule has 0 unspecified atom stereocenters. The Morgan fingerprint density at radius 1 is 1.03 bits per heavy atom. The smallest absolute Gasteiger partial charge is 0.208 e. The lowest BCUT2D eigenvalue weighted by atomic mass is 9.63. The minimum Gasteiger partial charge on any atom is -0.326 e. The molecule has 4 heteroatoms. The van der Waals surface area contributed by atoms with Crippen LogP contribution in [-0.4, -0.2) is 9.55 Å². The van der Waals surface area contributed by atoms with Gasteiger partial charge in [-0.3, -0.25) is 0 Å². The Hall–Kier alpha value is -2.80. The maximum absolute atomic E-state index is 9.48. The van der Waals surface area contributed by atoms with E-state index in [0.29, 0.717) is 17.5 Å². The largest absolute Gasteiger partial charge is 0.326 e. The number of fused-ring (bicyclic) bond motifs is 1. The van der Waals surface area contributed by atoms with Gasteiger partial charge in [-0.1, -0.05) is 53.7 Å². The van der Waals surface area contributed by atoms with Crippen molar-refractivity contribution in [3.8, 4) is 6.07 Å². The van der Waals surface area contributed by atoms with Gasteiger partial charge in [0.1, 0.15) is 0 Å². The monoisotopic (exact) mass is 414 g/mol. The van der Waals surface area contributed by atoms with Gasteiger partial charge >= 0.3 is 0 Å². The van der Waals surface area contributed by atoms with E-state index >= 15 is 0 Å². The van der Waals surface area contributed by atoms with E-state index in [0.717, 1.165) is 35.5 Å². The molecule has 1 saturated carbocycles. The molecule has 0 saturated heterocycles. The molecule has 1 aliphatic rings. The van der Waals surface area contributed by atoms with Crippen molar-refractivity contribution < 1.29 is 0 Å². The lowest BCUT2D eigenvalue weighted by molar-refractivity contribution is 0.0746. The molecule has 0 spiro atoms. The average Bonchev–Trinajstić information content (AvgIpc) is 3.02. The molecule has 1 N–H and O–H groups in total. The molecular weight excluding hydrogens is 380 g/mol. The Kier molecular flexibility index (Phi) is 5.33. The second-order valence-corrected chi connectivity index (χ2v) is 11.1. The number of hydrogen-bond acceptors (Lipinski definition) is 3. The van der Waals surface area contributed by atoms with Crippen molar-refractivity contribution in [2.75, 3.05) is 5.32 Å². The molecule has 4 rings (SSSR count). The lowest BCUT2D eigenvalue weighted by Crippen LogP contribution is -2.35. The lowest BCUT2D eigenvalue weighted by Gasteiger charge is -2.45. The summed E-state index contributed by atoms with van der Waals surface area (Å²) in [5.41, 5.74) is 5.53. The van der Waals surface area contributed by atoms with Gasteiger partial charge in [0.15, 0.2) is 0 Å². The van der Waals surface area contributed by atoms with Crippen LogP contribution in [0, 0.1) is 22.2 Å². The van der Waals surface area contributed by atoms with Gasteiger partial charge < -0.3 is 9.88 Å². The third-order valence-electron chi connectivity index (χ3n) is 6.55. The maximum atomic E-state index is 9.48. The van der Waals surface area contributed by atoms with Crippen molar-refractivity contribution in [2.45, 2.75) is 72.8 Å². The molecular formula is C27H34N4. The van der Waals surface area contributed by atoms with E-state index in [4.69, 9.17) is 4.98 Å². The summed E-state index contributed by atoms with van der Waals surface area (Å²) in [7, 11) is 0. The van der Waals surface area contributed by atoms with E-state index in [2.05, 4.69) is 81.8 Å². The van der Waals surface area contributed by atoms with E-state index in [1.807, 2.05) is 18.2 Å². The van der Waals surface area contributed by atoms with Crippen molar-refractivity contribution in [1.82, 2.24) is 9.55 Å². The zero-order valence-electron chi connectivity index (χ0n) is 19.7. The second-order valence-electron chi connectivity index (χ2n) is 11.1. The summed E-state index contributed by atoms with van der Waals surface area (Å²) >= 11 is 0. The normalized spacial score (nSPS) is 18.3. The molecule has 2 aromatic carbocycles. The summed E-state index contributed by atoms with van der Waals surface area (Å²) in [6.45, 7) is 13.9. The number of nitrogens with one attached hydrogen (secondary N) is 1. The summed E-state index contributed by atoms with van der Waals surface area (Å²) in [4.78, 5) is 4.95. The predicted octanol–water partition coefficient (Wildman–Crippen LogP) is 7.55. The fourth-order valence-electron chi connectivity index (χ4n) is 5.67. The summed E-state index contributed by atoms with van der Waals surface area (Å²) in [5, 5.41) is 13.1. The van der Waals surface area contributed by atoms with E-state index in [1.54, 1.807) is 0 Å². The van der Waals surface area contributed by atoms with Crippen LogP contribution in [0.1, 0.15) is 83.9 Å². The highest BCUT2D eigenvalue weighted by Gasteiger charge is 2.40. The summed E-state index contributed by atoms with van der Waals surface area (Å²) in [6.07, 6.45) is 3.41. The standard InChI is InChI=1S/C27H34N4/c1-18(2)20-8-10-21(11-9-20)29-25-30-23-12-7-19(16-28)13-24(23)31(25)22-14-26(3,4)17-27(5,6)15-22/h7-13,18,22H,14-15,17H2,1-6H3,(H,29,30). The topological polar surface area (TPSA) is 53.6 Å². The van der Waals surface area contributed by atoms with Gasteiger partial charge in [-0.15, -0.1) is 0 Å². The minimum absolute atomic E-state index is 0.256. The number of imidazole rings is 1. The van der Waals surface area contributed by atoms with Crippen LogP contribution in [0.25, 0.3) is 11.0 Å². The van der Waals surface area contributed by atoms with E-state index < -0.39 is 0 Å². The fraction of sp³-hybridized carbons (Fsp3) is 0.481. The van der Waals surface area contributed by atoms with Crippen molar-refractivity contribution >= 4 is 22.7 Å². The van der Waals surface area contributed by atoms with Gasteiger partial charge in [-0.2, -0.15) is 5.26 Å². The molecule has 0 atom stereocenters. The molecule has 162 valence electrons. The quantitative estimate of drug-likeness (QED) is 0.479. The molecule has 1 aliphatic carbocycles. The molecule has 31 heavy (non-hydrogen) atoms. The Labute approximate surface area is 186 Å². The zero-order chi connectivity index (χ0) is 22.4. The van der Waals surface area contributed by atoms with Crippen LogP contribution in [0.4, 0.5) is 11.6 Å². The van der Waals surface area contributed by atoms with Gasteiger partial charge in [-0.05, 0) is 71.9 Å². The van der Waals surface area contributed by atoms with E-state index in [1.165, 1.54) is 12.0 Å². The maximum Gasteiger partial charge on any atom is 0.208 e. The Morgan fingerprint density at radius 3 is 2.26 bits per heavy atom. The van der Waals surface area contributed by atoms with Gasteiger partial charge in [0, 0.05) is 11.7 Å². The van der Waals surface area contributed by atoms with Crippen molar-refractivity contribution in [2.24, 2.45) is 10.8 Å². The first kappa shape index (κ1) is 21.4. The number of benzene rings is 2. The van der Waals surface area contributed by atoms with Crippen LogP contribution in [0.5, 0.6) is 0 Å². The molecule has 0 aliphatic heterocycles. The van der Waals surface area contributed by atoms with Gasteiger partial charge in [0.2, 0.25) is 5.95 Å². The first-order valence-corrected chi connectivity index (χ1v) is 11.4. The third kappa shape index (κ3) is 4.46. The molecule has 3 aromatic rings. The highest BCUT2D eigenvalue weighted by atomic mass is 15.2. The molecule has 4 nitrogen and oxygen atoms in total. The molecule has 0 amide bonds. The van der Waals surface area contributed by atoms with Gasteiger partial charge in [-0.25, -0.2) is 4.98 Å². The van der Waals surface area contributed by atoms with Crippen LogP contribution in [0.2, 0.25) is 0 Å². The van der Waals surface area contributed by atoms with Crippen molar-refractivity contribution in [3.63, 3.8) is 0 Å². The number of rotatable bonds is 4. The third-order valence-corrected chi connectivity index (χ3v) is 6.55. The molecule has 0 radical (unpaired) electrons. The zero-order valence-corrected chi connectivity index (χ0v) is 19.7. The number of nitrogens with zero attached hydrogens (tertiary/aromatic N) is 3. The number of aromatic nitrogens is 2. The van der Waals surface area contributed by atoms with Crippen molar-refractivity contribution in [1.29, 1.82) is 5.26 Å². The molecule has 1 heterocycles. The molecule has 0 bridgehead atoms. The van der Waals surface area contributed by atoms with Crippen molar-refractivity contribution in [3.05, 3.63) is 53.6 Å².